The van der Waals surface area contributed by atoms with Gasteiger partial charge >= 0.3 is 0 Å². The lowest BCUT2D eigenvalue weighted by atomic mass is 9.79. The van der Waals surface area contributed by atoms with Gasteiger partial charge in [0.15, 0.2) is 0 Å². The van der Waals surface area contributed by atoms with Crippen LogP contribution in [0.1, 0.15) is 89.1 Å². The normalized spacial score (nSPS) is 19.4. The number of unbranched alkanes of at least 4 members (excludes halogenated alkanes) is 1. The van der Waals surface area contributed by atoms with Crippen LogP contribution in [0, 0.1) is 5.92 Å². The minimum atomic E-state index is -0.884. The molecule has 3 amide bonds. The number of aliphatic hydroxyl groups is 1. The Morgan fingerprint density at radius 1 is 1.00 bits per heavy atom. The Morgan fingerprint density at radius 3 is 2.14 bits per heavy atom. The molecule has 2 heterocycles. The molecular formula is C35H50N4O5. The van der Waals surface area contributed by atoms with Gasteiger partial charge in [-0.3, -0.25) is 19.3 Å². The van der Waals surface area contributed by atoms with Crippen molar-refractivity contribution in [3.8, 4) is 11.5 Å². The zero-order chi connectivity index (χ0) is 31.9. The van der Waals surface area contributed by atoms with Crippen molar-refractivity contribution in [3.63, 3.8) is 0 Å². The molecule has 4 rings (SSSR count). The van der Waals surface area contributed by atoms with Crippen LogP contribution in [0.5, 0.6) is 11.5 Å². The zero-order valence-corrected chi connectivity index (χ0v) is 27.0. The second-order valence-corrected chi connectivity index (χ2v) is 12.6. The first-order valence-electron chi connectivity index (χ1n) is 16.3. The summed E-state index contributed by atoms with van der Waals surface area (Å²) in [6, 6.07) is 14.2. The Labute approximate surface area is 262 Å². The molecule has 2 aliphatic heterocycles. The molecule has 44 heavy (non-hydrogen) atoms. The lowest BCUT2D eigenvalue weighted by molar-refractivity contribution is -0.165. The van der Waals surface area contributed by atoms with E-state index in [0.717, 1.165) is 37.8 Å². The molecule has 9 heteroatoms. The predicted octanol–water partition coefficient (Wildman–Crippen LogP) is 4.88. The van der Waals surface area contributed by atoms with Crippen molar-refractivity contribution in [3.05, 3.63) is 59.7 Å². The van der Waals surface area contributed by atoms with E-state index < -0.39 is 17.7 Å². The first kappa shape index (κ1) is 33.5. The smallest absolute Gasteiger partial charge is 0.251 e. The van der Waals surface area contributed by atoms with Crippen LogP contribution < -0.4 is 15.4 Å². The molecule has 2 atom stereocenters. The highest BCUT2D eigenvalue weighted by Crippen LogP contribution is 2.35. The van der Waals surface area contributed by atoms with E-state index in [1.807, 2.05) is 52.0 Å². The Balaban J connectivity index is 1.36. The average Bonchev–Trinajstić information content (AvgIpc) is 3.01. The minimum Gasteiger partial charge on any atom is -0.457 e. The number of carbonyl (C=O) groups excluding carboxylic acids is 3. The highest BCUT2D eigenvalue weighted by atomic mass is 16.5. The summed E-state index contributed by atoms with van der Waals surface area (Å²) in [5, 5.41) is 16.9. The van der Waals surface area contributed by atoms with Crippen molar-refractivity contribution in [2.75, 3.05) is 19.6 Å². The second kappa shape index (κ2) is 15.0. The fourth-order valence-corrected chi connectivity index (χ4v) is 6.41. The molecule has 0 aromatic heterocycles. The van der Waals surface area contributed by atoms with Crippen LogP contribution in [-0.2, 0) is 16.1 Å². The largest absolute Gasteiger partial charge is 0.457 e. The van der Waals surface area contributed by atoms with Crippen molar-refractivity contribution >= 4 is 17.7 Å². The Kier molecular flexibility index (Phi) is 11.4. The van der Waals surface area contributed by atoms with E-state index in [-0.39, 0.29) is 29.7 Å². The number of amides is 3. The fourth-order valence-electron chi connectivity index (χ4n) is 6.41. The van der Waals surface area contributed by atoms with E-state index in [0.29, 0.717) is 49.5 Å². The van der Waals surface area contributed by atoms with E-state index in [1.165, 1.54) is 0 Å². The number of likely N-dealkylation sites (tertiary alicyclic amines) is 1. The summed E-state index contributed by atoms with van der Waals surface area (Å²) in [4.78, 5) is 43.7. The number of ether oxygens (including phenoxy) is 1. The monoisotopic (exact) mass is 606 g/mol. The highest BCUT2D eigenvalue weighted by molar-refractivity contribution is 6.00. The predicted molar refractivity (Wildman–Crippen MR) is 171 cm³/mol. The molecule has 0 saturated carbocycles. The van der Waals surface area contributed by atoms with Gasteiger partial charge in [-0.05, 0) is 81.0 Å². The third-order valence-electron chi connectivity index (χ3n) is 9.15. The average molecular weight is 607 g/mol. The summed E-state index contributed by atoms with van der Waals surface area (Å²) in [6.07, 6.45) is 3.50. The summed E-state index contributed by atoms with van der Waals surface area (Å²) in [5.41, 5.74) is 0.858. The Morgan fingerprint density at radius 2 is 1.59 bits per heavy atom. The van der Waals surface area contributed by atoms with Crippen molar-refractivity contribution in [1.29, 1.82) is 0 Å². The zero-order valence-electron chi connectivity index (χ0n) is 27.0. The number of piperazine rings is 1. The Hall–Kier alpha value is -3.43. The third kappa shape index (κ3) is 7.61. The van der Waals surface area contributed by atoms with Gasteiger partial charge < -0.3 is 25.4 Å². The van der Waals surface area contributed by atoms with Gasteiger partial charge in [0, 0.05) is 37.8 Å². The minimum absolute atomic E-state index is 0.0340. The lowest BCUT2D eigenvalue weighted by Crippen LogP contribution is -2.75. The van der Waals surface area contributed by atoms with Gasteiger partial charge in [0.25, 0.3) is 5.91 Å². The molecule has 240 valence electrons. The number of hydrogen-bond acceptors (Lipinski definition) is 6. The number of rotatable bonds is 13. The van der Waals surface area contributed by atoms with Gasteiger partial charge in [-0.1, -0.05) is 52.2 Å². The number of benzene rings is 2. The molecule has 0 unspecified atom stereocenters. The van der Waals surface area contributed by atoms with Gasteiger partial charge in [-0.25, -0.2) is 0 Å². The first-order valence-corrected chi connectivity index (χ1v) is 16.3. The molecule has 2 aliphatic rings. The molecule has 2 fully saturated rings. The van der Waals surface area contributed by atoms with Crippen LogP contribution in [0.4, 0.5) is 0 Å². The van der Waals surface area contributed by atoms with Crippen molar-refractivity contribution in [2.45, 2.75) is 103 Å². The molecule has 1 spiro atoms. The number of nitrogens with zero attached hydrogens (tertiary/aromatic N) is 2. The van der Waals surface area contributed by atoms with Crippen LogP contribution in [0.2, 0.25) is 0 Å². The SMILES string of the molecule is CCCCN1C(=O)[C@@H]([C@H](O)C(CC)CC)NC(=O)C12CCN(Cc1ccc(Oc3ccc(C(=O)NC(C)C)cc3)cc1)CC2. The van der Waals surface area contributed by atoms with E-state index >= 15 is 0 Å². The number of piperidine rings is 1. The third-order valence-corrected chi connectivity index (χ3v) is 9.15. The summed E-state index contributed by atoms with van der Waals surface area (Å²) >= 11 is 0. The van der Waals surface area contributed by atoms with Crippen LogP contribution in [-0.4, -0.2) is 76.0 Å². The van der Waals surface area contributed by atoms with E-state index in [1.54, 1.807) is 29.2 Å². The summed E-state index contributed by atoms with van der Waals surface area (Å²) in [5.74, 6) is 0.952. The highest BCUT2D eigenvalue weighted by Gasteiger charge is 2.55. The van der Waals surface area contributed by atoms with Gasteiger partial charge in [0.2, 0.25) is 11.8 Å². The van der Waals surface area contributed by atoms with E-state index in [2.05, 4.69) is 22.5 Å². The standard InChI is InChI=1S/C35H50N4O5/c1-6-9-20-39-33(42)30(31(40)26(7-2)8-3)37-34(43)35(39)18-21-38(22-19-35)23-25-10-14-28(15-11-25)44-29-16-12-27(13-17-29)32(41)36-24(4)5/h10-17,24,26,30-31,40H,6-9,18-23H2,1-5H3,(H,36,41)(H,37,43)/t30-,31-/m1/s1. The molecular weight excluding hydrogens is 556 g/mol. The quantitative estimate of drug-likeness (QED) is 0.300. The van der Waals surface area contributed by atoms with E-state index in [4.69, 9.17) is 4.74 Å². The van der Waals surface area contributed by atoms with Crippen molar-refractivity contribution in [2.24, 2.45) is 5.92 Å². The molecule has 2 aromatic rings. The summed E-state index contributed by atoms with van der Waals surface area (Å²) in [6.45, 7) is 12.6. The summed E-state index contributed by atoms with van der Waals surface area (Å²) in [7, 11) is 0. The molecule has 0 radical (unpaired) electrons. The number of carbonyl (C=O) groups is 3. The van der Waals surface area contributed by atoms with Crippen LogP contribution in [0.25, 0.3) is 0 Å². The van der Waals surface area contributed by atoms with Gasteiger partial charge in [0.05, 0.1) is 6.10 Å². The number of hydrogen-bond donors (Lipinski definition) is 3. The lowest BCUT2D eigenvalue weighted by Gasteiger charge is -2.52. The number of aliphatic hydroxyl groups excluding tert-OH is 1. The molecule has 2 aromatic carbocycles. The first-order chi connectivity index (χ1) is 21.1. The van der Waals surface area contributed by atoms with Gasteiger partial charge in [-0.15, -0.1) is 0 Å². The molecule has 0 bridgehead atoms. The second-order valence-electron chi connectivity index (χ2n) is 12.6. The maximum Gasteiger partial charge on any atom is 0.251 e. The molecule has 9 nitrogen and oxygen atoms in total. The summed E-state index contributed by atoms with van der Waals surface area (Å²) < 4.78 is 5.99. The van der Waals surface area contributed by atoms with Gasteiger partial charge in [0.1, 0.15) is 23.1 Å². The van der Waals surface area contributed by atoms with Crippen LogP contribution in [0.15, 0.2) is 48.5 Å². The Bertz CT molecular complexity index is 1250. The van der Waals surface area contributed by atoms with Crippen molar-refractivity contribution < 1.29 is 24.2 Å². The molecule has 3 N–H and O–H groups in total. The fraction of sp³-hybridized carbons (Fsp3) is 0.571. The number of nitrogens with one attached hydrogen (secondary N) is 2. The topological polar surface area (TPSA) is 111 Å². The van der Waals surface area contributed by atoms with Gasteiger partial charge in [-0.2, -0.15) is 0 Å². The maximum atomic E-state index is 13.8. The maximum absolute atomic E-state index is 13.8. The van der Waals surface area contributed by atoms with E-state index in [9.17, 15) is 19.5 Å². The van der Waals surface area contributed by atoms with Crippen molar-refractivity contribution in [1.82, 2.24) is 20.4 Å². The van der Waals surface area contributed by atoms with Crippen LogP contribution >= 0.6 is 0 Å². The molecule has 2 saturated heterocycles. The molecule has 0 aliphatic carbocycles. The van der Waals surface area contributed by atoms with Crippen LogP contribution in [0.3, 0.4) is 0 Å².